The topological polar surface area (TPSA) is 81.4 Å². The third kappa shape index (κ3) is 4.62. The van der Waals surface area contributed by atoms with Gasteiger partial charge in [-0.15, -0.1) is 11.3 Å². The number of benzene rings is 2. The number of hydrogen-bond donors (Lipinski definition) is 2. The molecule has 1 heterocycles. The first-order chi connectivity index (χ1) is 15.6. The summed E-state index contributed by atoms with van der Waals surface area (Å²) in [6, 6.07) is 11.9. The van der Waals surface area contributed by atoms with Crippen LogP contribution >= 0.6 is 11.3 Å². The van der Waals surface area contributed by atoms with Crippen molar-refractivity contribution in [2.24, 2.45) is 17.1 Å². The van der Waals surface area contributed by atoms with Gasteiger partial charge in [-0.05, 0) is 71.6 Å². The molecule has 1 aliphatic carbocycles. The van der Waals surface area contributed by atoms with Gasteiger partial charge in [0.1, 0.15) is 10.8 Å². The summed E-state index contributed by atoms with van der Waals surface area (Å²) in [6.07, 6.45) is 2.77. The van der Waals surface area contributed by atoms with Crippen LogP contribution in [0.25, 0.3) is 10.8 Å². The summed E-state index contributed by atoms with van der Waals surface area (Å²) in [5, 5.41) is 5.72. The second-order valence-corrected chi connectivity index (χ2v) is 11.2. The van der Waals surface area contributed by atoms with E-state index in [1.165, 1.54) is 16.2 Å². The summed E-state index contributed by atoms with van der Waals surface area (Å²) in [7, 11) is 1.65. The van der Waals surface area contributed by atoms with Gasteiger partial charge in [-0.2, -0.15) is 0 Å². The minimum absolute atomic E-state index is 0.142. The van der Waals surface area contributed by atoms with Crippen molar-refractivity contribution in [1.29, 1.82) is 0 Å². The number of fused-ring (bicyclic) bond motifs is 2. The van der Waals surface area contributed by atoms with Crippen LogP contribution in [0.5, 0.6) is 5.75 Å². The highest BCUT2D eigenvalue weighted by molar-refractivity contribution is 7.17. The Morgan fingerprint density at radius 3 is 2.52 bits per heavy atom. The van der Waals surface area contributed by atoms with Gasteiger partial charge in [0.15, 0.2) is 0 Å². The Balaban J connectivity index is 1.59. The number of methoxy groups -OCH3 is 1. The average Bonchev–Trinajstić information content (AvgIpc) is 3.14. The van der Waals surface area contributed by atoms with E-state index in [1.54, 1.807) is 7.11 Å². The molecule has 3 aromatic rings. The summed E-state index contributed by atoms with van der Waals surface area (Å²) in [6.45, 7) is 8.66. The number of primary amides is 1. The molecule has 33 heavy (non-hydrogen) atoms. The van der Waals surface area contributed by atoms with Gasteiger partial charge < -0.3 is 15.8 Å². The lowest BCUT2D eigenvalue weighted by molar-refractivity contribution is -0.117. The summed E-state index contributed by atoms with van der Waals surface area (Å²) >= 11 is 1.51. The molecule has 0 spiro atoms. The molecular formula is C27H32N2O3S. The number of nitrogens with two attached hydrogens (primary N) is 1. The Kier molecular flexibility index (Phi) is 6.23. The molecule has 174 valence electrons. The van der Waals surface area contributed by atoms with E-state index in [0.717, 1.165) is 46.9 Å². The number of anilines is 1. The Morgan fingerprint density at radius 1 is 1.15 bits per heavy atom. The van der Waals surface area contributed by atoms with Crippen molar-refractivity contribution in [1.82, 2.24) is 0 Å². The van der Waals surface area contributed by atoms with Gasteiger partial charge in [0.2, 0.25) is 5.91 Å². The molecule has 0 saturated heterocycles. The minimum atomic E-state index is -0.468. The van der Waals surface area contributed by atoms with Crippen molar-refractivity contribution >= 4 is 38.9 Å². The molecule has 6 heteroatoms. The third-order valence-electron chi connectivity index (χ3n) is 6.94. The molecule has 0 aliphatic heterocycles. The molecule has 2 aromatic carbocycles. The number of ether oxygens (including phenoxy) is 1. The monoisotopic (exact) mass is 464 g/mol. The molecule has 0 saturated carbocycles. The Morgan fingerprint density at radius 2 is 1.85 bits per heavy atom. The first-order valence-electron chi connectivity index (χ1n) is 11.4. The maximum Gasteiger partial charge on any atom is 0.251 e. The summed E-state index contributed by atoms with van der Waals surface area (Å²) in [5.74, 6) is 0.359. The lowest BCUT2D eigenvalue weighted by Crippen LogP contribution is -2.27. The van der Waals surface area contributed by atoms with Crippen LogP contribution in [0.1, 0.15) is 66.4 Å². The van der Waals surface area contributed by atoms with Crippen LogP contribution in [-0.2, 0) is 17.6 Å². The fourth-order valence-electron chi connectivity index (χ4n) is 4.68. The van der Waals surface area contributed by atoms with E-state index in [2.05, 4.69) is 26.1 Å². The van der Waals surface area contributed by atoms with Gasteiger partial charge in [-0.3, -0.25) is 9.59 Å². The van der Waals surface area contributed by atoms with Crippen LogP contribution in [-0.4, -0.2) is 18.9 Å². The van der Waals surface area contributed by atoms with Crippen LogP contribution in [0.4, 0.5) is 5.00 Å². The second kappa shape index (κ2) is 8.82. The third-order valence-corrected chi connectivity index (χ3v) is 8.11. The fraction of sp³-hybridized carbons (Fsp3) is 0.407. The number of amides is 2. The predicted molar refractivity (Wildman–Crippen MR) is 135 cm³/mol. The molecule has 2 amide bonds. The van der Waals surface area contributed by atoms with Gasteiger partial charge in [0, 0.05) is 4.88 Å². The summed E-state index contributed by atoms with van der Waals surface area (Å²) in [4.78, 5) is 26.7. The number of thiophene rings is 1. The highest BCUT2D eigenvalue weighted by Crippen LogP contribution is 2.44. The van der Waals surface area contributed by atoms with Gasteiger partial charge in [0.05, 0.1) is 18.6 Å². The van der Waals surface area contributed by atoms with Crippen molar-refractivity contribution in [2.45, 2.75) is 52.9 Å². The molecule has 0 bridgehead atoms. The quantitative estimate of drug-likeness (QED) is 0.493. The Bertz CT molecular complexity index is 1220. The van der Waals surface area contributed by atoms with Crippen LogP contribution in [0.3, 0.4) is 0 Å². The summed E-state index contributed by atoms with van der Waals surface area (Å²) < 4.78 is 5.29. The van der Waals surface area contributed by atoms with Crippen molar-refractivity contribution in [2.75, 3.05) is 12.4 Å². The number of carbonyl (C=O) groups excluding carboxylic acids is 2. The van der Waals surface area contributed by atoms with Crippen LogP contribution < -0.4 is 15.8 Å². The maximum atomic E-state index is 13.2. The molecule has 2 unspecified atom stereocenters. The lowest BCUT2D eigenvalue weighted by Gasteiger charge is -2.33. The molecule has 3 N–H and O–H groups in total. The zero-order valence-corrected chi connectivity index (χ0v) is 20.8. The average molecular weight is 465 g/mol. The minimum Gasteiger partial charge on any atom is -0.497 e. The van der Waals surface area contributed by atoms with Crippen LogP contribution in [0, 0.1) is 11.3 Å². The largest absolute Gasteiger partial charge is 0.497 e. The Hall–Kier alpha value is -2.86. The smallest absolute Gasteiger partial charge is 0.251 e. The van der Waals surface area contributed by atoms with E-state index in [4.69, 9.17) is 10.5 Å². The molecule has 5 nitrogen and oxygen atoms in total. The van der Waals surface area contributed by atoms with E-state index in [-0.39, 0.29) is 17.2 Å². The highest BCUT2D eigenvalue weighted by Gasteiger charge is 2.33. The Labute approximate surface area is 199 Å². The molecular weight excluding hydrogens is 432 g/mol. The van der Waals surface area contributed by atoms with E-state index >= 15 is 0 Å². The molecule has 1 aromatic heterocycles. The van der Waals surface area contributed by atoms with Crippen molar-refractivity contribution in [3.05, 3.63) is 58.0 Å². The van der Waals surface area contributed by atoms with Crippen molar-refractivity contribution in [3.63, 3.8) is 0 Å². The first-order valence-corrected chi connectivity index (χ1v) is 12.2. The van der Waals surface area contributed by atoms with Crippen molar-refractivity contribution < 1.29 is 14.3 Å². The lowest BCUT2D eigenvalue weighted by atomic mass is 9.72. The normalized spacial score (nSPS) is 16.8. The molecule has 2 atom stereocenters. The number of hydrogen-bond acceptors (Lipinski definition) is 4. The molecule has 0 fully saturated rings. The van der Waals surface area contributed by atoms with Gasteiger partial charge in [0.25, 0.3) is 5.91 Å². The maximum absolute atomic E-state index is 13.2. The zero-order chi connectivity index (χ0) is 23.9. The van der Waals surface area contributed by atoms with Gasteiger partial charge in [-0.1, -0.05) is 45.0 Å². The van der Waals surface area contributed by atoms with Gasteiger partial charge >= 0.3 is 0 Å². The molecule has 1 aliphatic rings. The zero-order valence-electron chi connectivity index (χ0n) is 20.0. The fourth-order valence-corrected chi connectivity index (χ4v) is 6.02. The number of nitrogens with one attached hydrogen (secondary N) is 1. The standard InChI is InChI=1S/C27H32N2O3S/c1-15(16-6-7-18-13-20(32-5)10-8-17(18)12-16)25(31)29-26-23(24(28)30)21-11-9-19(27(2,3)4)14-22(21)33-26/h6-8,10,12-13,15,19H,9,11,14H2,1-5H3,(H2,28,30)(H,29,31). The SMILES string of the molecule is COc1ccc2cc(C(C)C(=O)Nc3sc4c(c3C(N)=O)CCC(C(C)(C)C)C4)ccc2c1. The van der Waals surface area contributed by atoms with E-state index in [0.29, 0.717) is 16.5 Å². The van der Waals surface area contributed by atoms with Crippen LogP contribution in [0.2, 0.25) is 0 Å². The number of carbonyl (C=O) groups is 2. The van der Waals surface area contributed by atoms with Gasteiger partial charge in [-0.25, -0.2) is 0 Å². The van der Waals surface area contributed by atoms with E-state index < -0.39 is 5.91 Å². The summed E-state index contributed by atoms with van der Waals surface area (Å²) in [5.41, 5.74) is 8.39. The second-order valence-electron chi connectivity index (χ2n) is 10.1. The first kappa shape index (κ1) is 23.3. The molecule has 0 radical (unpaired) electrons. The molecule has 4 rings (SSSR count). The van der Waals surface area contributed by atoms with E-state index in [1.807, 2.05) is 43.3 Å². The predicted octanol–water partition coefficient (Wildman–Crippen LogP) is 5.90. The highest BCUT2D eigenvalue weighted by atomic mass is 32.1. The number of rotatable bonds is 5. The van der Waals surface area contributed by atoms with E-state index in [9.17, 15) is 9.59 Å². The van der Waals surface area contributed by atoms with Crippen molar-refractivity contribution in [3.8, 4) is 5.75 Å². The van der Waals surface area contributed by atoms with Crippen LogP contribution in [0.15, 0.2) is 36.4 Å².